The van der Waals surface area contributed by atoms with Crippen molar-refractivity contribution in [2.24, 2.45) is 5.10 Å². The molecule has 0 saturated heterocycles. The highest BCUT2D eigenvalue weighted by Crippen LogP contribution is 2.25. The minimum Gasteiger partial charge on any atom is -0.481 e. The monoisotopic (exact) mass is 365 g/mol. The van der Waals surface area contributed by atoms with Crippen molar-refractivity contribution < 1.29 is 18.8 Å². The number of nitro benzene ring substituents is 1. The van der Waals surface area contributed by atoms with Crippen LogP contribution in [0.3, 0.4) is 0 Å². The Balaban J connectivity index is 1.99. The van der Waals surface area contributed by atoms with Crippen LogP contribution in [-0.2, 0) is 4.79 Å². The summed E-state index contributed by atoms with van der Waals surface area (Å²) in [6.07, 6.45) is 0. The highest BCUT2D eigenvalue weighted by Gasteiger charge is 2.14. The van der Waals surface area contributed by atoms with Crippen LogP contribution in [0.5, 0.6) is 5.75 Å². The molecule has 0 atom stereocenters. The summed E-state index contributed by atoms with van der Waals surface area (Å²) in [5.74, 6) is -1.24. The molecule has 25 heavy (non-hydrogen) atoms. The second-order valence-electron chi connectivity index (χ2n) is 4.87. The number of ether oxygens (including phenoxy) is 1. The van der Waals surface area contributed by atoms with E-state index in [9.17, 15) is 19.3 Å². The Morgan fingerprint density at radius 3 is 2.76 bits per heavy atom. The molecule has 1 amide bonds. The van der Waals surface area contributed by atoms with Gasteiger partial charge in [0, 0.05) is 11.6 Å². The number of hydrogen-bond acceptors (Lipinski definition) is 5. The summed E-state index contributed by atoms with van der Waals surface area (Å²) in [6.45, 7) is 1.13. The van der Waals surface area contributed by atoms with E-state index in [1.807, 2.05) is 0 Å². The summed E-state index contributed by atoms with van der Waals surface area (Å²) in [7, 11) is 0. The fraction of sp³-hybridized carbons (Fsp3) is 0.125. The second-order valence-corrected chi connectivity index (χ2v) is 5.28. The molecule has 0 aliphatic heterocycles. The predicted octanol–water partition coefficient (Wildman–Crippen LogP) is 3.31. The van der Waals surface area contributed by atoms with E-state index in [0.29, 0.717) is 11.3 Å². The Morgan fingerprint density at radius 1 is 1.36 bits per heavy atom. The first kappa shape index (κ1) is 18.3. The fourth-order valence-electron chi connectivity index (χ4n) is 1.83. The van der Waals surface area contributed by atoms with Gasteiger partial charge >= 0.3 is 0 Å². The first-order valence-electron chi connectivity index (χ1n) is 7.03. The zero-order valence-corrected chi connectivity index (χ0v) is 13.8. The zero-order chi connectivity index (χ0) is 18.4. The van der Waals surface area contributed by atoms with E-state index in [0.717, 1.165) is 0 Å². The van der Waals surface area contributed by atoms with Crippen LogP contribution in [-0.4, -0.2) is 23.1 Å². The molecule has 0 unspecified atom stereocenters. The van der Waals surface area contributed by atoms with Crippen LogP contribution in [0.25, 0.3) is 0 Å². The third kappa shape index (κ3) is 4.98. The lowest BCUT2D eigenvalue weighted by Gasteiger charge is -2.06. The van der Waals surface area contributed by atoms with Crippen molar-refractivity contribution in [3.63, 3.8) is 0 Å². The van der Waals surface area contributed by atoms with Gasteiger partial charge in [-0.2, -0.15) is 5.10 Å². The Morgan fingerprint density at radius 2 is 2.08 bits per heavy atom. The first-order valence-corrected chi connectivity index (χ1v) is 7.41. The maximum absolute atomic E-state index is 13.4. The maximum atomic E-state index is 13.4. The maximum Gasteiger partial charge on any atom is 0.288 e. The van der Waals surface area contributed by atoms with E-state index >= 15 is 0 Å². The van der Waals surface area contributed by atoms with Gasteiger partial charge in [0.2, 0.25) is 0 Å². The third-order valence-corrected chi connectivity index (χ3v) is 3.42. The zero-order valence-electron chi connectivity index (χ0n) is 13.0. The van der Waals surface area contributed by atoms with Crippen molar-refractivity contribution in [3.05, 3.63) is 69.0 Å². The third-order valence-electron chi connectivity index (χ3n) is 3.10. The Bertz CT molecular complexity index is 842. The fourth-order valence-corrected chi connectivity index (χ4v) is 2.01. The number of rotatable bonds is 6. The molecule has 0 heterocycles. The van der Waals surface area contributed by atoms with Gasteiger partial charge in [-0.25, -0.2) is 9.82 Å². The molecule has 0 radical (unpaired) electrons. The van der Waals surface area contributed by atoms with Crippen LogP contribution >= 0.6 is 11.6 Å². The van der Waals surface area contributed by atoms with Crippen LogP contribution in [0.2, 0.25) is 5.02 Å². The number of nitrogens with one attached hydrogen (secondary N) is 1. The number of hydrazone groups is 1. The van der Waals surface area contributed by atoms with Crippen molar-refractivity contribution in [1.82, 2.24) is 5.43 Å². The van der Waals surface area contributed by atoms with Gasteiger partial charge in [-0.1, -0.05) is 29.8 Å². The van der Waals surface area contributed by atoms with Crippen molar-refractivity contribution >= 4 is 28.9 Å². The number of nitro groups is 1. The van der Waals surface area contributed by atoms with Gasteiger partial charge in [-0.3, -0.25) is 14.9 Å². The molecular weight excluding hydrogens is 353 g/mol. The van der Waals surface area contributed by atoms with Crippen molar-refractivity contribution in [3.8, 4) is 5.75 Å². The first-order chi connectivity index (χ1) is 11.9. The van der Waals surface area contributed by atoms with E-state index in [-0.39, 0.29) is 16.5 Å². The number of carbonyl (C=O) groups is 1. The van der Waals surface area contributed by atoms with Gasteiger partial charge < -0.3 is 4.74 Å². The molecule has 130 valence electrons. The Hall–Kier alpha value is -3.00. The number of amides is 1. The Kier molecular flexibility index (Phi) is 6.02. The largest absolute Gasteiger partial charge is 0.481 e. The Labute approximate surface area is 147 Å². The SMILES string of the molecule is C/C(=N/NC(=O)COc1ccccc1F)c1ccc(Cl)c([N+](=O)[O-])c1. The summed E-state index contributed by atoms with van der Waals surface area (Å²) < 4.78 is 18.4. The average molecular weight is 366 g/mol. The number of nitrogens with zero attached hydrogens (tertiary/aromatic N) is 2. The molecule has 0 saturated carbocycles. The highest BCUT2D eigenvalue weighted by molar-refractivity contribution is 6.32. The molecule has 0 spiro atoms. The normalized spacial score (nSPS) is 11.1. The van der Waals surface area contributed by atoms with Gasteiger partial charge in [0.1, 0.15) is 5.02 Å². The van der Waals surface area contributed by atoms with Gasteiger partial charge in [0.15, 0.2) is 18.2 Å². The van der Waals surface area contributed by atoms with E-state index < -0.39 is 23.3 Å². The summed E-state index contributed by atoms with van der Waals surface area (Å²) in [4.78, 5) is 22.0. The van der Waals surface area contributed by atoms with E-state index in [4.69, 9.17) is 16.3 Å². The number of halogens is 2. The lowest BCUT2D eigenvalue weighted by Crippen LogP contribution is -2.25. The molecule has 2 aromatic rings. The van der Waals surface area contributed by atoms with Crippen LogP contribution in [0.4, 0.5) is 10.1 Å². The van der Waals surface area contributed by atoms with Crippen molar-refractivity contribution in [1.29, 1.82) is 0 Å². The van der Waals surface area contributed by atoms with Crippen LogP contribution < -0.4 is 10.2 Å². The summed E-state index contributed by atoms with van der Waals surface area (Å²) in [5, 5.41) is 14.7. The molecule has 2 rings (SSSR count). The average Bonchev–Trinajstić information content (AvgIpc) is 2.59. The molecule has 7 nitrogen and oxygen atoms in total. The van der Waals surface area contributed by atoms with Crippen LogP contribution in [0.15, 0.2) is 47.6 Å². The minimum atomic E-state index is -0.611. The quantitative estimate of drug-likeness (QED) is 0.482. The molecule has 2 aromatic carbocycles. The van der Waals surface area contributed by atoms with E-state index in [1.165, 1.54) is 36.4 Å². The molecule has 1 N–H and O–H groups in total. The number of hydrogen-bond donors (Lipinski definition) is 1. The van der Waals surface area contributed by atoms with Crippen LogP contribution in [0, 0.1) is 15.9 Å². The van der Waals surface area contributed by atoms with Gasteiger partial charge in [0.05, 0.1) is 10.6 Å². The summed E-state index contributed by atoms with van der Waals surface area (Å²) in [5.41, 5.74) is 2.73. The molecule has 0 aliphatic carbocycles. The van der Waals surface area contributed by atoms with E-state index in [1.54, 1.807) is 13.0 Å². The van der Waals surface area contributed by atoms with Gasteiger partial charge in [-0.05, 0) is 25.1 Å². The molecule has 0 bridgehead atoms. The minimum absolute atomic E-state index is 0.00359. The second kappa shape index (κ2) is 8.20. The van der Waals surface area contributed by atoms with Gasteiger partial charge in [-0.15, -0.1) is 0 Å². The number of para-hydroxylation sites is 1. The van der Waals surface area contributed by atoms with Gasteiger partial charge in [0.25, 0.3) is 11.6 Å². The van der Waals surface area contributed by atoms with Crippen LogP contribution in [0.1, 0.15) is 12.5 Å². The molecule has 0 aliphatic rings. The number of carbonyl (C=O) groups excluding carboxylic acids is 1. The summed E-state index contributed by atoms with van der Waals surface area (Å²) >= 11 is 5.74. The molecular formula is C16H13ClFN3O4. The molecule has 9 heteroatoms. The topological polar surface area (TPSA) is 93.8 Å². The standard InChI is InChI=1S/C16H13ClFN3O4/c1-10(11-6-7-12(17)14(8-11)21(23)24)19-20-16(22)9-25-15-5-3-2-4-13(15)18/h2-8H,9H2,1H3,(H,20,22)/b19-10-. The highest BCUT2D eigenvalue weighted by atomic mass is 35.5. The lowest BCUT2D eigenvalue weighted by molar-refractivity contribution is -0.384. The summed E-state index contributed by atoms with van der Waals surface area (Å²) in [6, 6.07) is 9.84. The smallest absolute Gasteiger partial charge is 0.288 e. The predicted molar refractivity (Wildman–Crippen MR) is 90.4 cm³/mol. The molecule has 0 aromatic heterocycles. The molecule has 0 fully saturated rings. The lowest BCUT2D eigenvalue weighted by atomic mass is 10.1. The number of benzene rings is 2. The van der Waals surface area contributed by atoms with E-state index in [2.05, 4.69) is 10.5 Å². The van der Waals surface area contributed by atoms with Crippen molar-refractivity contribution in [2.75, 3.05) is 6.61 Å². The van der Waals surface area contributed by atoms with Crippen molar-refractivity contribution in [2.45, 2.75) is 6.92 Å².